The summed E-state index contributed by atoms with van der Waals surface area (Å²) >= 11 is 0.800. The number of halogens is 3. The molecule has 0 aliphatic rings. The van der Waals surface area contributed by atoms with Crippen LogP contribution >= 0.6 is 11.3 Å². The van der Waals surface area contributed by atoms with E-state index in [0.717, 1.165) is 17.8 Å². The number of aliphatic hydroxyl groups is 1. The molecule has 0 aliphatic carbocycles. The monoisotopic (exact) mass is 226 g/mol. The molecule has 0 radical (unpaired) electrons. The predicted octanol–water partition coefficient (Wildman–Crippen LogP) is 2.09. The summed E-state index contributed by atoms with van der Waals surface area (Å²) in [7, 11) is 0. The van der Waals surface area contributed by atoms with Gasteiger partial charge in [-0.15, -0.1) is 10.2 Å². The molecule has 80 valence electrons. The maximum Gasteiger partial charge on any atom is 0.421 e. The number of alkyl halides is 3. The van der Waals surface area contributed by atoms with Crippen molar-refractivity contribution in [1.82, 2.24) is 10.2 Å². The lowest BCUT2D eigenvalue weighted by Crippen LogP contribution is -2.19. The van der Waals surface area contributed by atoms with Crippen molar-refractivity contribution in [2.45, 2.75) is 32.0 Å². The molecule has 1 aromatic rings. The predicted molar refractivity (Wildman–Crippen MR) is 44.9 cm³/mol. The lowest BCUT2D eigenvalue weighted by Gasteiger charge is -2.10. The molecule has 1 rings (SSSR count). The minimum atomic E-state index is -4.66. The van der Waals surface area contributed by atoms with Crippen LogP contribution < -0.4 is 0 Å². The Labute approximate surface area is 82.6 Å². The molecule has 0 fully saturated rings. The summed E-state index contributed by atoms with van der Waals surface area (Å²) in [6.07, 6.45) is -5.80. The van der Waals surface area contributed by atoms with Gasteiger partial charge in [-0.1, -0.05) is 18.3 Å². The molecule has 0 aliphatic heterocycles. The summed E-state index contributed by atoms with van der Waals surface area (Å²) in [5.41, 5.74) is 0. The van der Waals surface area contributed by atoms with Crippen molar-refractivity contribution in [3.8, 4) is 0 Å². The molecule has 1 atom stereocenters. The van der Waals surface area contributed by atoms with E-state index in [2.05, 4.69) is 10.2 Å². The van der Waals surface area contributed by atoms with Crippen molar-refractivity contribution in [3.05, 3.63) is 10.0 Å². The maximum atomic E-state index is 12.0. The third kappa shape index (κ3) is 2.65. The molecule has 3 nitrogen and oxygen atoms in total. The molecule has 0 spiro atoms. The summed E-state index contributed by atoms with van der Waals surface area (Å²) in [5, 5.41) is 15.8. The zero-order valence-electron chi connectivity index (χ0n) is 7.38. The SMILES string of the molecule is CCCc1nnc(C(O)C(F)(F)F)s1. The lowest BCUT2D eigenvalue weighted by atomic mass is 10.4. The molecule has 0 saturated carbocycles. The van der Waals surface area contributed by atoms with Gasteiger partial charge >= 0.3 is 6.18 Å². The van der Waals surface area contributed by atoms with Gasteiger partial charge in [0.2, 0.25) is 6.10 Å². The van der Waals surface area contributed by atoms with Crippen molar-refractivity contribution in [3.63, 3.8) is 0 Å². The van der Waals surface area contributed by atoms with Gasteiger partial charge in [0.05, 0.1) is 0 Å². The fraction of sp³-hybridized carbons (Fsp3) is 0.714. The minimum Gasteiger partial charge on any atom is -0.377 e. The van der Waals surface area contributed by atoms with Gasteiger partial charge in [0.25, 0.3) is 0 Å². The van der Waals surface area contributed by atoms with Crippen molar-refractivity contribution in [2.24, 2.45) is 0 Å². The second-order valence-electron chi connectivity index (χ2n) is 2.73. The van der Waals surface area contributed by atoms with Crippen molar-refractivity contribution in [1.29, 1.82) is 0 Å². The van der Waals surface area contributed by atoms with Crippen LogP contribution in [0.3, 0.4) is 0 Å². The van der Waals surface area contributed by atoms with Crippen molar-refractivity contribution < 1.29 is 18.3 Å². The van der Waals surface area contributed by atoms with Crippen LogP contribution in [-0.2, 0) is 6.42 Å². The highest BCUT2D eigenvalue weighted by molar-refractivity contribution is 7.11. The average Bonchev–Trinajstić information content (AvgIpc) is 2.50. The quantitative estimate of drug-likeness (QED) is 0.858. The molecule has 7 heteroatoms. The van der Waals surface area contributed by atoms with Crippen LogP contribution in [0.1, 0.15) is 29.5 Å². The van der Waals surface area contributed by atoms with E-state index in [1.165, 1.54) is 0 Å². The van der Waals surface area contributed by atoms with Crippen LogP contribution in [0.4, 0.5) is 13.2 Å². The van der Waals surface area contributed by atoms with Crippen LogP contribution in [0.15, 0.2) is 0 Å². The summed E-state index contributed by atoms with van der Waals surface area (Å²) in [5.74, 6) is 0. The van der Waals surface area contributed by atoms with E-state index >= 15 is 0 Å². The molecule has 0 saturated heterocycles. The van der Waals surface area contributed by atoms with Crippen molar-refractivity contribution in [2.75, 3.05) is 0 Å². The normalized spacial score (nSPS) is 14.4. The van der Waals surface area contributed by atoms with Gasteiger partial charge in [-0.05, 0) is 6.42 Å². The zero-order valence-corrected chi connectivity index (χ0v) is 8.19. The number of hydrogen-bond acceptors (Lipinski definition) is 4. The van der Waals surface area contributed by atoms with Gasteiger partial charge in [-0.25, -0.2) is 0 Å². The van der Waals surface area contributed by atoms with Crippen LogP contribution in [-0.4, -0.2) is 21.5 Å². The molecule has 1 heterocycles. The first-order valence-corrected chi connectivity index (χ1v) is 4.84. The smallest absolute Gasteiger partial charge is 0.377 e. The number of aryl methyl sites for hydroxylation is 1. The standard InChI is InChI=1S/C7H9F3N2OS/c1-2-3-4-11-12-6(14-4)5(13)7(8,9)10/h5,13H,2-3H2,1H3. The highest BCUT2D eigenvalue weighted by Gasteiger charge is 2.41. The summed E-state index contributed by atoms with van der Waals surface area (Å²) in [4.78, 5) is 0. The minimum absolute atomic E-state index is 0.388. The van der Waals surface area contributed by atoms with E-state index in [0.29, 0.717) is 11.4 Å². The van der Waals surface area contributed by atoms with Gasteiger partial charge < -0.3 is 5.11 Å². The van der Waals surface area contributed by atoms with E-state index in [9.17, 15) is 13.2 Å². The molecule has 14 heavy (non-hydrogen) atoms. The van der Waals surface area contributed by atoms with Gasteiger partial charge in [0.15, 0.2) is 5.01 Å². The first-order valence-electron chi connectivity index (χ1n) is 4.02. The molecule has 0 amide bonds. The Morgan fingerprint density at radius 1 is 1.43 bits per heavy atom. The van der Waals surface area contributed by atoms with E-state index in [1.54, 1.807) is 0 Å². The molecule has 0 bridgehead atoms. The molecule has 1 N–H and O–H groups in total. The number of hydrogen-bond donors (Lipinski definition) is 1. The third-order valence-electron chi connectivity index (χ3n) is 1.49. The van der Waals surface area contributed by atoms with Crippen LogP contribution in [0.5, 0.6) is 0 Å². The second-order valence-corrected chi connectivity index (χ2v) is 3.82. The van der Waals surface area contributed by atoms with E-state index in [1.807, 2.05) is 6.92 Å². The lowest BCUT2D eigenvalue weighted by molar-refractivity contribution is -0.206. The third-order valence-corrected chi connectivity index (χ3v) is 2.53. The molecule has 1 unspecified atom stereocenters. The average molecular weight is 226 g/mol. The van der Waals surface area contributed by atoms with Gasteiger partial charge in [0, 0.05) is 6.42 Å². The summed E-state index contributed by atoms with van der Waals surface area (Å²) < 4.78 is 36.1. The Kier molecular flexibility index (Phi) is 3.43. The zero-order chi connectivity index (χ0) is 10.8. The second kappa shape index (κ2) is 4.22. The Morgan fingerprint density at radius 3 is 2.57 bits per heavy atom. The van der Waals surface area contributed by atoms with E-state index in [-0.39, 0.29) is 5.01 Å². The Morgan fingerprint density at radius 2 is 2.07 bits per heavy atom. The molecule has 0 aromatic carbocycles. The summed E-state index contributed by atoms with van der Waals surface area (Å²) in [6.45, 7) is 1.89. The Hall–Kier alpha value is -0.690. The van der Waals surface area contributed by atoms with Crippen LogP contribution in [0.25, 0.3) is 0 Å². The van der Waals surface area contributed by atoms with Crippen LogP contribution in [0, 0.1) is 0 Å². The maximum absolute atomic E-state index is 12.0. The molecular formula is C7H9F3N2OS. The number of nitrogens with zero attached hydrogens (tertiary/aromatic N) is 2. The first-order chi connectivity index (χ1) is 6.45. The highest BCUT2D eigenvalue weighted by Crippen LogP contribution is 2.33. The van der Waals surface area contributed by atoms with Crippen molar-refractivity contribution >= 4 is 11.3 Å². The molecule has 1 aromatic heterocycles. The topological polar surface area (TPSA) is 46.0 Å². The Bertz CT molecular complexity index is 299. The molecular weight excluding hydrogens is 217 g/mol. The largest absolute Gasteiger partial charge is 0.421 e. The van der Waals surface area contributed by atoms with E-state index < -0.39 is 12.3 Å². The fourth-order valence-corrected chi connectivity index (χ4v) is 1.79. The number of aliphatic hydroxyl groups excluding tert-OH is 1. The van der Waals surface area contributed by atoms with E-state index in [4.69, 9.17) is 5.11 Å². The van der Waals surface area contributed by atoms with Gasteiger partial charge in [-0.2, -0.15) is 13.2 Å². The number of rotatable bonds is 3. The summed E-state index contributed by atoms with van der Waals surface area (Å²) in [6, 6.07) is 0. The first kappa shape index (κ1) is 11.4. The fourth-order valence-electron chi connectivity index (χ4n) is 0.832. The van der Waals surface area contributed by atoms with Gasteiger partial charge in [0.1, 0.15) is 5.01 Å². The highest BCUT2D eigenvalue weighted by atomic mass is 32.1. The number of aromatic nitrogens is 2. The Balaban J connectivity index is 2.76. The van der Waals surface area contributed by atoms with Gasteiger partial charge in [-0.3, -0.25) is 0 Å². The van der Waals surface area contributed by atoms with Crippen LogP contribution in [0.2, 0.25) is 0 Å².